The van der Waals surface area contributed by atoms with Crippen LogP contribution in [0, 0.1) is 0 Å². The van der Waals surface area contributed by atoms with Gasteiger partial charge < -0.3 is 10.4 Å². The van der Waals surface area contributed by atoms with Crippen LogP contribution in [-0.2, 0) is 13.0 Å². The molecule has 0 aliphatic carbocycles. The lowest BCUT2D eigenvalue weighted by Gasteiger charge is -2.16. The van der Waals surface area contributed by atoms with E-state index in [2.05, 4.69) is 5.32 Å². The van der Waals surface area contributed by atoms with Gasteiger partial charge in [-0.15, -0.1) is 24.8 Å². The lowest BCUT2D eigenvalue weighted by molar-refractivity contribution is 0.473. The molecule has 0 saturated carbocycles. The zero-order valence-corrected chi connectivity index (χ0v) is 8.75. The molecule has 1 aromatic carbocycles. The van der Waals surface area contributed by atoms with Crippen LogP contribution in [-0.4, -0.2) is 11.7 Å². The molecule has 1 aliphatic heterocycles. The van der Waals surface area contributed by atoms with Crippen LogP contribution in [0.3, 0.4) is 0 Å². The molecule has 2 rings (SSSR count). The molecular weight excluding hydrogens is 209 g/mol. The van der Waals surface area contributed by atoms with Gasteiger partial charge in [0.05, 0.1) is 0 Å². The smallest absolute Gasteiger partial charge is 0.115 e. The number of phenolic OH excluding ortho intramolecular Hbond substituents is 1. The zero-order chi connectivity index (χ0) is 7.68. The first kappa shape index (κ1) is 12.6. The number of aromatic hydroxyl groups is 1. The monoisotopic (exact) mass is 221 g/mol. The number of fused-ring (bicyclic) bond motifs is 1. The predicted octanol–water partition coefficient (Wildman–Crippen LogP) is 1.88. The van der Waals surface area contributed by atoms with Crippen molar-refractivity contribution in [1.82, 2.24) is 5.32 Å². The minimum atomic E-state index is 0. The Hall–Kier alpha value is -0.440. The molecule has 0 radical (unpaired) electrons. The lowest BCUT2D eigenvalue weighted by Crippen LogP contribution is -2.23. The van der Waals surface area contributed by atoms with Crippen LogP contribution < -0.4 is 5.32 Å². The second kappa shape index (κ2) is 5.32. The molecule has 74 valence electrons. The summed E-state index contributed by atoms with van der Waals surface area (Å²) in [5.41, 5.74) is 2.60. The number of halogens is 2. The Morgan fingerprint density at radius 1 is 1.15 bits per heavy atom. The lowest BCUT2D eigenvalue weighted by atomic mass is 10.0. The fourth-order valence-corrected chi connectivity index (χ4v) is 1.46. The highest BCUT2D eigenvalue weighted by molar-refractivity contribution is 5.85. The minimum Gasteiger partial charge on any atom is -0.508 e. The molecule has 0 aromatic heterocycles. The summed E-state index contributed by atoms with van der Waals surface area (Å²) in [4.78, 5) is 0. The number of benzene rings is 1. The molecule has 0 fully saturated rings. The van der Waals surface area contributed by atoms with Crippen LogP contribution in [0.2, 0.25) is 0 Å². The molecule has 4 heteroatoms. The molecule has 2 nitrogen and oxygen atoms in total. The van der Waals surface area contributed by atoms with Crippen LogP contribution in [0.15, 0.2) is 18.2 Å². The van der Waals surface area contributed by atoms with Crippen LogP contribution in [0.4, 0.5) is 0 Å². The number of rotatable bonds is 0. The summed E-state index contributed by atoms with van der Waals surface area (Å²) in [5, 5.41) is 12.4. The molecule has 0 amide bonds. The standard InChI is InChI=1S/C9H11NO.2ClH/c11-9-2-1-8-6-10-4-3-7(8)5-9;;/h1-2,5,10-11H,3-4,6H2;2*1H. The number of hydrogen-bond donors (Lipinski definition) is 2. The third kappa shape index (κ3) is 2.76. The number of nitrogens with one attached hydrogen (secondary N) is 1. The van der Waals surface area contributed by atoms with E-state index in [1.807, 2.05) is 12.1 Å². The van der Waals surface area contributed by atoms with Crippen molar-refractivity contribution in [2.24, 2.45) is 0 Å². The maximum Gasteiger partial charge on any atom is 0.115 e. The van der Waals surface area contributed by atoms with E-state index < -0.39 is 0 Å². The van der Waals surface area contributed by atoms with Crippen molar-refractivity contribution in [2.45, 2.75) is 13.0 Å². The first-order valence-corrected chi connectivity index (χ1v) is 3.88. The fourth-order valence-electron chi connectivity index (χ4n) is 1.46. The molecule has 0 atom stereocenters. The van der Waals surface area contributed by atoms with Gasteiger partial charge in [-0.25, -0.2) is 0 Å². The van der Waals surface area contributed by atoms with E-state index in [9.17, 15) is 0 Å². The highest BCUT2D eigenvalue weighted by Crippen LogP contribution is 2.18. The van der Waals surface area contributed by atoms with Gasteiger partial charge >= 0.3 is 0 Å². The number of phenols is 1. The normalized spacial score (nSPS) is 13.5. The molecule has 1 aliphatic rings. The Labute approximate surface area is 90.2 Å². The predicted molar refractivity (Wildman–Crippen MR) is 58.0 cm³/mol. The zero-order valence-electron chi connectivity index (χ0n) is 7.12. The summed E-state index contributed by atoms with van der Waals surface area (Å²) < 4.78 is 0. The molecule has 13 heavy (non-hydrogen) atoms. The average molecular weight is 222 g/mol. The van der Waals surface area contributed by atoms with Gasteiger partial charge in [0.1, 0.15) is 5.75 Å². The first-order chi connectivity index (χ1) is 5.36. The van der Waals surface area contributed by atoms with Crippen molar-refractivity contribution < 1.29 is 5.11 Å². The third-order valence-corrected chi connectivity index (χ3v) is 2.08. The molecule has 1 heterocycles. The Kier molecular flexibility index (Phi) is 5.14. The van der Waals surface area contributed by atoms with Gasteiger partial charge in [-0.2, -0.15) is 0 Å². The van der Waals surface area contributed by atoms with E-state index in [1.54, 1.807) is 6.07 Å². The topological polar surface area (TPSA) is 32.3 Å². The first-order valence-electron chi connectivity index (χ1n) is 3.88. The Bertz CT molecular complexity index is 278. The molecular formula is C9H13Cl2NO. The van der Waals surface area contributed by atoms with E-state index in [1.165, 1.54) is 11.1 Å². The van der Waals surface area contributed by atoms with Crippen molar-refractivity contribution >= 4 is 24.8 Å². The number of hydrogen-bond acceptors (Lipinski definition) is 2. The summed E-state index contributed by atoms with van der Waals surface area (Å²) in [5.74, 6) is 0.380. The van der Waals surface area contributed by atoms with Gasteiger partial charge in [-0.3, -0.25) is 0 Å². The second-order valence-electron chi connectivity index (χ2n) is 2.88. The van der Waals surface area contributed by atoms with Gasteiger partial charge in [0.15, 0.2) is 0 Å². The summed E-state index contributed by atoms with van der Waals surface area (Å²) in [6.07, 6.45) is 1.03. The Morgan fingerprint density at radius 2 is 1.92 bits per heavy atom. The maximum atomic E-state index is 9.17. The van der Waals surface area contributed by atoms with Gasteiger partial charge in [0.25, 0.3) is 0 Å². The Balaban J connectivity index is 0.000000720. The van der Waals surface area contributed by atoms with Gasteiger partial charge in [0.2, 0.25) is 0 Å². The van der Waals surface area contributed by atoms with Crippen LogP contribution in [0.1, 0.15) is 11.1 Å². The van der Waals surface area contributed by atoms with Crippen LogP contribution >= 0.6 is 24.8 Å². The minimum absolute atomic E-state index is 0. The van der Waals surface area contributed by atoms with Crippen LogP contribution in [0.25, 0.3) is 0 Å². The summed E-state index contributed by atoms with van der Waals surface area (Å²) in [6.45, 7) is 1.96. The third-order valence-electron chi connectivity index (χ3n) is 2.08. The molecule has 0 saturated heterocycles. The summed E-state index contributed by atoms with van der Waals surface area (Å²) in [6, 6.07) is 5.58. The largest absolute Gasteiger partial charge is 0.508 e. The van der Waals surface area contributed by atoms with Crippen molar-refractivity contribution in [3.8, 4) is 5.75 Å². The molecule has 2 N–H and O–H groups in total. The highest BCUT2D eigenvalue weighted by atomic mass is 35.5. The van der Waals surface area contributed by atoms with E-state index >= 15 is 0 Å². The van der Waals surface area contributed by atoms with Gasteiger partial charge in [0, 0.05) is 6.54 Å². The SMILES string of the molecule is Cl.Cl.Oc1ccc2c(c1)CCNC2. The average Bonchev–Trinajstić information content (AvgIpc) is 2.04. The van der Waals surface area contributed by atoms with Crippen LogP contribution in [0.5, 0.6) is 5.75 Å². The Morgan fingerprint density at radius 3 is 2.69 bits per heavy atom. The van der Waals surface area contributed by atoms with Crippen molar-refractivity contribution in [2.75, 3.05) is 6.54 Å². The van der Waals surface area contributed by atoms with Crippen molar-refractivity contribution in [3.05, 3.63) is 29.3 Å². The van der Waals surface area contributed by atoms with Gasteiger partial charge in [-0.05, 0) is 36.2 Å². The second-order valence-corrected chi connectivity index (χ2v) is 2.88. The van der Waals surface area contributed by atoms with Crippen molar-refractivity contribution in [1.29, 1.82) is 0 Å². The molecule has 0 unspecified atom stereocenters. The summed E-state index contributed by atoms with van der Waals surface area (Å²) in [7, 11) is 0. The van der Waals surface area contributed by atoms with Gasteiger partial charge in [-0.1, -0.05) is 6.07 Å². The quantitative estimate of drug-likeness (QED) is 0.702. The van der Waals surface area contributed by atoms with E-state index in [0.717, 1.165) is 19.5 Å². The van der Waals surface area contributed by atoms with E-state index in [4.69, 9.17) is 5.11 Å². The molecule has 0 bridgehead atoms. The fraction of sp³-hybridized carbons (Fsp3) is 0.333. The molecule has 0 spiro atoms. The van der Waals surface area contributed by atoms with E-state index in [-0.39, 0.29) is 24.8 Å². The highest BCUT2D eigenvalue weighted by Gasteiger charge is 2.07. The maximum absolute atomic E-state index is 9.17. The van der Waals surface area contributed by atoms with E-state index in [0.29, 0.717) is 5.75 Å². The van der Waals surface area contributed by atoms with Crippen molar-refractivity contribution in [3.63, 3.8) is 0 Å². The summed E-state index contributed by atoms with van der Waals surface area (Å²) >= 11 is 0. The molecule has 1 aromatic rings.